The number of methoxy groups -OCH3 is 1. The minimum Gasteiger partial charge on any atom is -0.507 e. The number of nitrogens with one attached hydrogen (secondary N) is 1. The molecule has 3 heterocycles. The molecule has 2 aromatic carbocycles. The number of amides is 1. The van der Waals surface area contributed by atoms with Crippen molar-refractivity contribution in [3.63, 3.8) is 0 Å². The van der Waals surface area contributed by atoms with Gasteiger partial charge in [0.2, 0.25) is 0 Å². The molecule has 8 nitrogen and oxygen atoms in total. The first-order valence-corrected chi connectivity index (χ1v) is 11.8. The fourth-order valence-electron chi connectivity index (χ4n) is 4.78. The van der Waals surface area contributed by atoms with Crippen LogP contribution in [0.3, 0.4) is 0 Å². The molecule has 5 rings (SSSR count). The molecule has 1 fully saturated rings. The number of fused-ring (bicyclic) bond motifs is 1. The Morgan fingerprint density at radius 3 is 2.59 bits per heavy atom. The number of Topliss-reactive ketones (excluding diaryl/α,β-unsaturated/α-hetero) is 1. The molecule has 186 valence electrons. The number of pyridine rings is 1. The Morgan fingerprint density at radius 1 is 1.11 bits per heavy atom. The zero-order chi connectivity index (χ0) is 26.1. The average Bonchev–Trinajstić information content (AvgIpc) is 3.44. The smallest absolute Gasteiger partial charge is 0.337 e. The number of nitrogens with zero attached hydrogens (tertiary/aromatic N) is 2. The number of aromatic nitrogens is 2. The number of carbonyl (C=O) groups is 3. The van der Waals surface area contributed by atoms with Gasteiger partial charge in [-0.3, -0.25) is 14.6 Å². The van der Waals surface area contributed by atoms with E-state index >= 15 is 0 Å². The van der Waals surface area contributed by atoms with Crippen LogP contribution >= 0.6 is 0 Å². The maximum Gasteiger partial charge on any atom is 0.337 e. The number of hydrogen-bond donors (Lipinski definition) is 2. The Hall–Kier alpha value is -4.72. The van der Waals surface area contributed by atoms with Crippen molar-refractivity contribution in [3.05, 3.63) is 107 Å². The number of aliphatic hydroxyl groups excluding tert-OH is 1. The van der Waals surface area contributed by atoms with Gasteiger partial charge in [0.15, 0.2) is 0 Å². The largest absolute Gasteiger partial charge is 0.507 e. The number of aryl methyl sites for hydroxylation is 1. The van der Waals surface area contributed by atoms with Crippen LogP contribution in [-0.2, 0) is 20.7 Å². The van der Waals surface area contributed by atoms with Crippen molar-refractivity contribution in [2.24, 2.45) is 0 Å². The van der Waals surface area contributed by atoms with Crippen molar-refractivity contribution in [2.45, 2.75) is 19.4 Å². The Kier molecular flexibility index (Phi) is 6.31. The summed E-state index contributed by atoms with van der Waals surface area (Å²) >= 11 is 0. The van der Waals surface area contributed by atoms with Crippen LogP contribution < -0.4 is 0 Å². The van der Waals surface area contributed by atoms with E-state index in [9.17, 15) is 19.5 Å². The van der Waals surface area contributed by atoms with E-state index in [-0.39, 0.29) is 17.9 Å². The van der Waals surface area contributed by atoms with Crippen LogP contribution in [0, 0.1) is 6.92 Å². The van der Waals surface area contributed by atoms with Crippen LogP contribution in [0.25, 0.3) is 16.7 Å². The van der Waals surface area contributed by atoms with E-state index in [1.807, 2.05) is 25.3 Å². The number of benzene rings is 2. The number of H-pyrrole nitrogens is 1. The van der Waals surface area contributed by atoms with Crippen molar-refractivity contribution < 1.29 is 24.2 Å². The lowest BCUT2D eigenvalue weighted by Gasteiger charge is -2.25. The molecule has 8 heteroatoms. The van der Waals surface area contributed by atoms with Crippen LogP contribution in [0.15, 0.2) is 78.8 Å². The molecule has 0 radical (unpaired) electrons. The van der Waals surface area contributed by atoms with Gasteiger partial charge >= 0.3 is 5.97 Å². The molecular weight excluding hydrogens is 470 g/mol. The van der Waals surface area contributed by atoms with Gasteiger partial charge in [-0.15, -0.1) is 0 Å². The number of aromatic amines is 1. The third-order valence-electron chi connectivity index (χ3n) is 6.67. The van der Waals surface area contributed by atoms with E-state index in [4.69, 9.17) is 4.74 Å². The molecule has 0 aliphatic carbocycles. The SMILES string of the molecule is COC(=O)c1ccc(C2/C(=C(\O)c3cccnc3)C(=O)C(=O)N2CCc2c[nH]c3cc(C)ccc23)cc1. The van der Waals surface area contributed by atoms with Gasteiger partial charge in [-0.1, -0.05) is 24.3 Å². The maximum atomic E-state index is 13.3. The predicted octanol–water partition coefficient (Wildman–Crippen LogP) is 4.32. The van der Waals surface area contributed by atoms with Crippen molar-refractivity contribution in [3.8, 4) is 0 Å². The van der Waals surface area contributed by atoms with Crippen molar-refractivity contribution in [1.82, 2.24) is 14.9 Å². The highest BCUT2D eigenvalue weighted by atomic mass is 16.5. The normalized spacial score (nSPS) is 16.9. The Labute approximate surface area is 213 Å². The van der Waals surface area contributed by atoms with Crippen LogP contribution in [0.2, 0.25) is 0 Å². The number of ether oxygens (including phenoxy) is 1. The first-order valence-electron chi connectivity index (χ1n) is 11.8. The topological polar surface area (TPSA) is 113 Å². The van der Waals surface area contributed by atoms with Crippen molar-refractivity contribution in [1.29, 1.82) is 0 Å². The molecule has 37 heavy (non-hydrogen) atoms. The molecule has 1 aliphatic heterocycles. The summed E-state index contributed by atoms with van der Waals surface area (Å²) < 4.78 is 4.78. The molecule has 1 unspecified atom stereocenters. The highest BCUT2D eigenvalue weighted by molar-refractivity contribution is 6.46. The van der Waals surface area contributed by atoms with Gasteiger partial charge in [0.25, 0.3) is 11.7 Å². The monoisotopic (exact) mass is 495 g/mol. The molecular formula is C29H25N3O5. The van der Waals surface area contributed by atoms with E-state index in [0.717, 1.165) is 22.0 Å². The molecule has 0 spiro atoms. The summed E-state index contributed by atoms with van der Waals surface area (Å²) in [6.07, 6.45) is 5.41. The van der Waals surface area contributed by atoms with Gasteiger partial charge in [0, 0.05) is 41.6 Å². The zero-order valence-electron chi connectivity index (χ0n) is 20.4. The number of likely N-dealkylation sites (tertiary alicyclic amines) is 1. The van der Waals surface area contributed by atoms with E-state index in [2.05, 4.69) is 16.0 Å². The van der Waals surface area contributed by atoms with E-state index in [1.165, 1.54) is 18.2 Å². The van der Waals surface area contributed by atoms with Crippen molar-refractivity contribution >= 4 is 34.3 Å². The fraction of sp³-hybridized carbons (Fsp3) is 0.172. The summed E-state index contributed by atoms with van der Waals surface area (Å²) in [6.45, 7) is 2.27. The molecule has 4 aromatic rings. The Morgan fingerprint density at radius 2 is 1.89 bits per heavy atom. The number of ketones is 1. The van der Waals surface area contributed by atoms with Gasteiger partial charge in [-0.05, 0) is 60.4 Å². The van der Waals surface area contributed by atoms with Gasteiger partial charge in [-0.25, -0.2) is 4.79 Å². The summed E-state index contributed by atoms with van der Waals surface area (Å²) in [5.74, 6) is -2.25. The summed E-state index contributed by atoms with van der Waals surface area (Å²) in [4.78, 5) is 47.2. The highest BCUT2D eigenvalue weighted by Crippen LogP contribution is 2.39. The second-order valence-electron chi connectivity index (χ2n) is 8.96. The van der Waals surface area contributed by atoms with Gasteiger partial charge < -0.3 is 19.7 Å². The van der Waals surface area contributed by atoms with Gasteiger partial charge in [-0.2, -0.15) is 0 Å². The summed E-state index contributed by atoms with van der Waals surface area (Å²) in [6, 6.07) is 15.0. The molecule has 2 aromatic heterocycles. The molecule has 1 amide bonds. The lowest BCUT2D eigenvalue weighted by Crippen LogP contribution is -2.31. The van der Waals surface area contributed by atoms with Crippen LogP contribution in [0.1, 0.15) is 38.7 Å². The van der Waals surface area contributed by atoms with E-state index in [1.54, 1.807) is 42.6 Å². The number of hydrogen-bond acceptors (Lipinski definition) is 6. The van der Waals surface area contributed by atoms with Crippen LogP contribution in [-0.4, -0.2) is 51.3 Å². The number of esters is 1. The summed E-state index contributed by atoms with van der Waals surface area (Å²) in [7, 11) is 1.30. The summed E-state index contributed by atoms with van der Waals surface area (Å²) in [5.41, 5.74) is 4.41. The molecule has 1 atom stereocenters. The maximum absolute atomic E-state index is 13.3. The van der Waals surface area contributed by atoms with E-state index in [0.29, 0.717) is 23.1 Å². The Bertz CT molecular complexity index is 1540. The van der Waals surface area contributed by atoms with E-state index < -0.39 is 23.7 Å². The minimum absolute atomic E-state index is 0.0154. The number of aliphatic hydroxyl groups is 1. The lowest BCUT2D eigenvalue weighted by molar-refractivity contribution is -0.139. The molecule has 0 saturated carbocycles. The standard InChI is InChI=1S/C29H25N3O5/c1-17-5-10-22-20(16-31-23(22)14-17)11-13-32-25(18-6-8-19(9-7-18)29(36)37-2)24(27(34)28(32)35)26(33)21-4-3-12-30-15-21/h3-10,12,14-16,25,31,33H,11,13H2,1-2H3/b26-24+. The molecule has 1 saturated heterocycles. The second kappa shape index (κ2) is 9.73. The van der Waals surface area contributed by atoms with Gasteiger partial charge in [0.05, 0.1) is 24.3 Å². The third kappa shape index (κ3) is 4.38. The Balaban J connectivity index is 1.55. The highest BCUT2D eigenvalue weighted by Gasteiger charge is 2.46. The third-order valence-corrected chi connectivity index (χ3v) is 6.67. The zero-order valence-corrected chi connectivity index (χ0v) is 20.4. The quantitative estimate of drug-likeness (QED) is 0.178. The van der Waals surface area contributed by atoms with Crippen molar-refractivity contribution in [2.75, 3.05) is 13.7 Å². The molecule has 0 bridgehead atoms. The lowest BCUT2D eigenvalue weighted by atomic mass is 9.95. The predicted molar refractivity (Wildman–Crippen MR) is 138 cm³/mol. The average molecular weight is 496 g/mol. The van der Waals surface area contributed by atoms with Crippen LogP contribution in [0.5, 0.6) is 0 Å². The molecule has 2 N–H and O–H groups in total. The molecule has 1 aliphatic rings. The van der Waals surface area contributed by atoms with Gasteiger partial charge in [0.1, 0.15) is 5.76 Å². The first kappa shape index (κ1) is 24.0. The fourth-order valence-corrected chi connectivity index (χ4v) is 4.78. The first-order chi connectivity index (χ1) is 17.9. The number of carbonyl (C=O) groups excluding carboxylic acids is 3. The second-order valence-corrected chi connectivity index (χ2v) is 8.96. The minimum atomic E-state index is -0.834. The number of rotatable bonds is 6. The van der Waals surface area contributed by atoms with Crippen LogP contribution in [0.4, 0.5) is 0 Å². The summed E-state index contributed by atoms with van der Waals surface area (Å²) in [5, 5.41) is 12.2.